The first-order valence-corrected chi connectivity index (χ1v) is 7.35. The summed E-state index contributed by atoms with van der Waals surface area (Å²) in [7, 11) is 1.71. The van der Waals surface area contributed by atoms with E-state index in [2.05, 4.69) is 10.4 Å². The number of halogens is 3. The van der Waals surface area contributed by atoms with Crippen molar-refractivity contribution in [1.82, 2.24) is 14.7 Å². The second-order valence-electron chi connectivity index (χ2n) is 6.24. The molecule has 0 spiro atoms. The Morgan fingerprint density at radius 3 is 2.74 bits per heavy atom. The molecule has 1 saturated heterocycles. The molecule has 0 aliphatic carbocycles. The molecule has 1 aliphatic rings. The van der Waals surface area contributed by atoms with Gasteiger partial charge in [-0.3, -0.25) is 4.68 Å². The maximum Gasteiger partial charge on any atom is 0.416 e. The van der Waals surface area contributed by atoms with Crippen molar-refractivity contribution in [2.24, 2.45) is 7.05 Å². The number of anilines is 1. The zero-order valence-electron chi connectivity index (χ0n) is 13.6. The van der Waals surface area contributed by atoms with E-state index in [0.29, 0.717) is 17.8 Å². The molecule has 1 aromatic heterocycles. The van der Waals surface area contributed by atoms with Crippen LogP contribution in [0.1, 0.15) is 26.5 Å². The van der Waals surface area contributed by atoms with Crippen LogP contribution in [0.2, 0.25) is 0 Å². The van der Waals surface area contributed by atoms with Gasteiger partial charge in [0.2, 0.25) is 0 Å². The van der Waals surface area contributed by atoms with Crippen molar-refractivity contribution in [1.29, 1.82) is 0 Å². The minimum atomic E-state index is -4.51. The number of hydrogen-bond donors (Lipinski definition) is 1. The maximum absolute atomic E-state index is 13.0. The van der Waals surface area contributed by atoms with Gasteiger partial charge in [0.25, 0.3) is 0 Å². The topological polar surface area (TPSA) is 59.4 Å². The minimum Gasteiger partial charge on any atom is -0.359 e. The largest absolute Gasteiger partial charge is 0.416 e. The van der Waals surface area contributed by atoms with Crippen molar-refractivity contribution in [3.05, 3.63) is 11.9 Å². The molecule has 0 aromatic carbocycles. The fourth-order valence-corrected chi connectivity index (χ4v) is 2.60. The number of ether oxygens (including phenoxy) is 1. The zero-order valence-corrected chi connectivity index (χ0v) is 13.6. The van der Waals surface area contributed by atoms with Gasteiger partial charge in [-0.1, -0.05) is 6.92 Å². The van der Waals surface area contributed by atoms with E-state index in [1.807, 2.05) is 6.92 Å². The molecule has 0 saturated carbocycles. The highest BCUT2D eigenvalue weighted by atomic mass is 19.4. The van der Waals surface area contributed by atoms with Crippen LogP contribution in [0.25, 0.3) is 0 Å². The first-order valence-electron chi connectivity index (χ1n) is 7.35. The van der Waals surface area contributed by atoms with E-state index in [1.54, 1.807) is 17.9 Å². The van der Waals surface area contributed by atoms with Crippen LogP contribution in [-0.4, -0.2) is 51.7 Å². The Morgan fingerprint density at radius 1 is 1.52 bits per heavy atom. The number of carbonyl (C=O) groups is 1. The smallest absolute Gasteiger partial charge is 0.359 e. The highest BCUT2D eigenvalue weighted by Gasteiger charge is 2.49. The van der Waals surface area contributed by atoms with Gasteiger partial charge in [-0.05, 0) is 20.3 Å². The molecule has 0 unspecified atom stereocenters. The lowest BCUT2D eigenvalue weighted by molar-refractivity contribution is -0.267. The lowest BCUT2D eigenvalue weighted by atomic mass is 10.1. The zero-order chi connectivity index (χ0) is 17.4. The van der Waals surface area contributed by atoms with Crippen LogP contribution in [-0.2, 0) is 18.2 Å². The number of morpholine rings is 1. The molecule has 1 atom stereocenters. The van der Waals surface area contributed by atoms with Gasteiger partial charge in [0.05, 0.1) is 30.1 Å². The van der Waals surface area contributed by atoms with E-state index in [-0.39, 0.29) is 6.54 Å². The van der Waals surface area contributed by atoms with Crippen LogP contribution >= 0.6 is 0 Å². The lowest BCUT2D eigenvalue weighted by Gasteiger charge is -2.43. The quantitative estimate of drug-likeness (QED) is 0.904. The summed E-state index contributed by atoms with van der Waals surface area (Å²) in [4.78, 5) is 13.5. The summed E-state index contributed by atoms with van der Waals surface area (Å²) in [5.41, 5.74) is 0.117. The van der Waals surface area contributed by atoms with Gasteiger partial charge in [-0.15, -0.1) is 0 Å². The van der Waals surface area contributed by atoms with Crippen molar-refractivity contribution >= 4 is 11.7 Å². The molecule has 1 fully saturated rings. The number of urea groups is 1. The van der Waals surface area contributed by atoms with Crippen LogP contribution in [0.4, 0.5) is 23.7 Å². The number of aromatic nitrogens is 2. The van der Waals surface area contributed by atoms with Crippen molar-refractivity contribution in [2.75, 3.05) is 18.4 Å². The highest BCUT2D eigenvalue weighted by Crippen LogP contribution is 2.32. The second-order valence-corrected chi connectivity index (χ2v) is 6.24. The highest BCUT2D eigenvalue weighted by molar-refractivity contribution is 5.90. The molecule has 1 N–H and O–H groups in total. The first kappa shape index (κ1) is 17.6. The Bertz CT molecular complexity index is 583. The number of nitrogens with zero attached hydrogens (tertiary/aromatic N) is 3. The maximum atomic E-state index is 13.0. The number of nitrogens with one attached hydrogen (secondary N) is 1. The van der Waals surface area contributed by atoms with Gasteiger partial charge in [-0.2, -0.15) is 18.3 Å². The van der Waals surface area contributed by atoms with Crippen molar-refractivity contribution in [3.8, 4) is 0 Å². The second kappa shape index (κ2) is 6.03. The number of rotatable bonds is 2. The third-order valence-corrected chi connectivity index (χ3v) is 3.55. The number of amides is 2. The molecule has 2 rings (SSSR count). The Labute approximate surface area is 132 Å². The minimum absolute atomic E-state index is 0.0765. The van der Waals surface area contributed by atoms with Gasteiger partial charge in [0.15, 0.2) is 6.10 Å². The molecule has 0 radical (unpaired) electrons. The number of aryl methyl sites for hydroxylation is 2. The summed E-state index contributed by atoms with van der Waals surface area (Å²) in [6.45, 7) is 4.50. The Balaban J connectivity index is 2.14. The summed E-state index contributed by atoms with van der Waals surface area (Å²) in [6.07, 6.45) is -4.27. The number of carbonyl (C=O) groups excluding carboxylic acids is 1. The van der Waals surface area contributed by atoms with E-state index in [1.165, 1.54) is 13.8 Å². The molecular weight excluding hydrogens is 313 g/mol. The molecule has 1 aliphatic heterocycles. The molecule has 2 heterocycles. The number of alkyl halides is 3. The van der Waals surface area contributed by atoms with Crippen LogP contribution in [0.15, 0.2) is 6.20 Å². The molecule has 1 aromatic rings. The molecule has 0 bridgehead atoms. The van der Waals surface area contributed by atoms with Gasteiger partial charge in [0.1, 0.15) is 0 Å². The summed E-state index contributed by atoms with van der Waals surface area (Å²) < 4.78 is 45.5. The molecule has 2 amide bonds. The summed E-state index contributed by atoms with van der Waals surface area (Å²) in [5, 5.41) is 6.83. The predicted molar refractivity (Wildman–Crippen MR) is 78.2 cm³/mol. The standard InChI is InChI=1S/C14H21F3N4O2/c1-5-9-10(6-20(4)19-9)18-12(22)21-7-11(14(15,16)17)23-13(2,3)8-21/h6,11H,5,7-8H2,1-4H3,(H,18,22)/t11-/m0/s1. The SMILES string of the molecule is CCc1nn(C)cc1NC(=O)N1C[C@@H](C(F)(F)F)OC(C)(C)C1. The monoisotopic (exact) mass is 334 g/mol. The molecule has 9 heteroatoms. The fourth-order valence-electron chi connectivity index (χ4n) is 2.60. The van der Waals surface area contributed by atoms with Gasteiger partial charge in [0, 0.05) is 13.2 Å². The van der Waals surface area contributed by atoms with Crippen molar-refractivity contribution in [2.45, 2.75) is 45.1 Å². The Hall–Kier alpha value is -1.77. The van der Waals surface area contributed by atoms with E-state index < -0.39 is 30.5 Å². The van der Waals surface area contributed by atoms with E-state index in [4.69, 9.17) is 4.74 Å². The first-order chi connectivity index (χ1) is 10.5. The Kier molecular flexibility index (Phi) is 4.61. The molecular formula is C14H21F3N4O2. The fraction of sp³-hybridized carbons (Fsp3) is 0.714. The molecule has 6 nitrogen and oxygen atoms in total. The van der Waals surface area contributed by atoms with Crippen molar-refractivity contribution < 1.29 is 22.7 Å². The van der Waals surface area contributed by atoms with Gasteiger partial charge >= 0.3 is 12.2 Å². The average Bonchev–Trinajstić information content (AvgIpc) is 2.75. The van der Waals surface area contributed by atoms with E-state index in [9.17, 15) is 18.0 Å². The third kappa shape index (κ3) is 4.15. The summed E-state index contributed by atoms with van der Waals surface area (Å²) in [6, 6.07) is -0.585. The van der Waals surface area contributed by atoms with Gasteiger partial charge in [-0.25, -0.2) is 4.79 Å². The summed E-state index contributed by atoms with van der Waals surface area (Å²) >= 11 is 0. The van der Waals surface area contributed by atoms with Crippen molar-refractivity contribution in [3.63, 3.8) is 0 Å². The molecule has 130 valence electrons. The van der Waals surface area contributed by atoms with Gasteiger partial charge < -0.3 is 15.0 Å². The van der Waals surface area contributed by atoms with Crippen LogP contribution in [0, 0.1) is 0 Å². The average molecular weight is 334 g/mol. The molecule has 23 heavy (non-hydrogen) atoms. The van der Waals surface area contributed by atoms with Crippen LogP contribution in [0.3, 0.4) is 0 Å². The third-order valence-electron chi connectivity index (χ3n) is 3.55. The van der Waals surface area contributed by atoms with Crippen LogP contribution < -0.4 is 5.32 Å². The normalized spacial score (nSPS) is 21.3. The lowest BCUT2D eigenvalue weighted by Crippen LogP contribution is -2.59. The van der Waals surface area contributed by atoms with Crippen LogP contribution in [0.5, 0.6) is 0 Å². The number of hydrogen-bond acceptors (Lipinski definition) is 3. The predicted octanol–water partition coefficient (Wildman–Crippen LogP) is 2.56. The Morgan fingerprint density at radius 2 is 2.17 bits per heavy atom. The van der Waals surface area contributed by atoms with E-state index in [0.717, 1.165) is 4.90 Å². The summed E-state index contributed by atoms with van der Waals surface area (Å²) in [5.74, 6) is 0. The van der Waals surface area contributed by atoms with E-state index >= 15 is 0 Å².